The van der Waals surface area contributed by atoms with E-state index in [0.29, 0.717) is 23.4 Å². The van der Waals surface area contributed by atoms with Gasteiger partial charge >= 0.3 is 5.97 Å². The summed E-state index contributed by atoms with van der Waals surface area (Å²) in [4.78, 5) is 18.4. The van der Waals surface area contributed by atoms with Gasteiger partial charge in [-0.25, -0.2) is 9.37 Å². The van der Waals surface area contributed by atoms with E-state index in [1.165, 1.54) is 31.7 Å². The van der Waals surface area contributed by atoms with Crippen LogP contribution in [-0.2, 0) is 17.8 Å². The first-order valence-electron chi connectivity index (χ1n) is 14.9. The van der Waals surface area contributed by atoms with Crippen LogP contribution in [-0.4, -0.2) is 40.7 Å². The number of pyridine rings is 1. The molecule has 0 bridgehead atoms. The number of carbonyl (C=O) groups is 1. The van der Waals surface area contributed by atoms with E-state index in [4.69, 9.17) is 9.47 Å². The van der Waals surface area contributed by atoms with E-state index in [0.717, 1.165) is 66.8 Å². The van der Waals surface area contributed by atoms with Crippen LogP contribution in [0.3, 0.4) is 0 Å². The van der Waals surface area contributed by atoms with Gasteiger partial charge in [-0.3, -0.25) is 9.69 Å². The number of benzene rings is 2. The van der Waals surface area contributed by atoms with Gasteiger partial charge in [0.1, 0.15) is 17.7 Å². The van der Waals surface area contributed by atoms with Crippen LogP contribution in [0.15, 0.2) is 48.7 Å². The molecule has 3 heterocycles. The van der Waals surface area contributed by atoms with E-state index >= 15 is 0 Å². The van der Waals surface area contributed by atoms with Gasteiger partial charge in [0.2, 0.25) is 5.88 Å². The highest BCUT2D eigenvalue weighted by Crippen LogP contribution is 2.48. The highest BCUT2D eigenvalue weighted by Gasteiger charge is 2.39. The zero-order valence-electron chi connectivity index (χ0n) is 24.1. The molecule has 0 radical (unpaired) electrons. The fraction of sp³-hybridized carbons (Fsp3) is 0.471. The van der Waals surface area contributed by atoms with Crippen LogP contribution in [0, 0.1) is 17.7 Å². The molecule has 1 saturated carbocycles. The lowest BCUT2D eigenvalue weighted by Crippen LogP contribution is -2.27. The van der Waals surface area contributed by atoms with Crippen molar-refractivity contribution in [3.05, 3.63) is 76.7 Å². The quantitative estimate of drug-likeness (QED) is 0.300. The van der Waals surface area contributed by atoms with E-state index in [-0.39, 0.29) is 17.8 Å². The van der Waals surface area contributed by atoms with E-state index in [1.54, 1.807) is 6.07 Å². The number of aliphatic carboxylic acids is 1. The molecule has 2 aliphatic heterocycles. The second-order valence-corrected chi connectivity index (χ2v) is 12.1. The number of fused-ring (bicyclic) bond motifs is 1. The Morgan fingerprint density at radius 1 is 1.17 bits per heavy atom. The minimum Gasteiger partial charge on any atom is -0.485 e. The number of ether oxygens (including phenoxy) is 2. The number of hydrogen-bond donors (Lipinski definition) is 1. The average Bonchev–Trinajstić information content (AvgIpc) is 3.73. The fourth-order valence-corrected chi connectivity index (χ4v) is 6.81. The van der Waals surface area contributed by atoms with E-state index in [2.05, 4.69) is 47.1 Å². The maximum atomic E-state index is 14.9. The minimum absolute atomic E-state index is 0.000486. The SMILES string of the molecule is COc1cc(-c2ccc(C3CCc4ccc(C(C5CC5)[C@H](C)C(=O)O)cc4O3)c(CN3CCC[C@@H]3C)c2)c(F)cn1. The average molecular weight is 559 g/mol. The van der Waals surface area contributed by atoms with Gasteiger partial charge in [0.25, 0.3) is 0 Å². The van der Waals surface area contributed by atoms with Crippen molar-refractivity contribution < 1.29 is 23.8 Å². The van der Waals surface area contributed by atoms with Crippen LogP contribution < -0.4 is 9.47 Å². The number of hydrogen-bond acceptors (Lipinski definition) is 5. The summed E-state index contributed by atoms with van der Waals surface area (Å²) >= 11 is 0. The van der Waals surface area contributed by atoms with E-state index in [9.17, 15) is 14.3 Å². The van der Waals surface area contributed by atoms with Crippen molar-refractivity contribution in [2.75, 3.05) is 13.7 Å². The van der Waals surface area contributed by atoms with Crippen molar-refractivity contribution in [3.63, 3.8) is 0 Å². The lowest BCUT2D eigenvalue weighted by molar-refractivity contribution is -0.142. The van der Waals surface area contributed by atoms with Gasteiger partial charge in [-0.05, 0) is 104 Å². The monoisotopic (exact) mass is 558 g/mol. The Morgan fingerprint density at radius 3 is 2.71 bits per heavy atom. The smallest absolute Gasteiger partial charge is 0.306 e. The Hall–Kier alpha value is -3.45. The molecule has 41 heavy (non-hydrogen) atoms. The Morgan fingerprint density at radius 2 is 2.00 bits per heavy atom. The standard InChI is InChI=1S/C34H39FN2O4/c1-20-5-4-14-37(20)19-26-15-24(28-17-32(40-3)36-18-29(28)35)10-12-27(26)30-13-11-22-6-9-25(16-31(22)41-30)33(23-7-8-23)21(2)34(38)39/h6,9-10,12,15-18,20-21,23,30,33H,4-5,7-8,11,13-14,19H2,1-3H3,(H,38,39)/t20-,21-,30?,33?/m0/s1. The lowest BCUT2D eigenvalue weighted by atomic mass is 9.82. The van der Waals surface area contributed by atoms with E-state index < -0.39 is 11.9 Å². The van der Waals surface area contributed by atoms with Crippen molar-refractivity contribution in [1.82, 2.24) is 9.88 Å². The molecule has 0 amide bonds. The third-order valence-corrected chi connectivity index (χ3v) is 9.38. The predicted octanol–water partition coefficient (Wildman–Crippen LogP) is 7.16. The molecule has 6 rings (SSSR count). The first-order chi connectivity index (χ1) is 19.8. The molecule has 2 fully saturated rings. The largest absolute Gasteiger partial charge is 0.485 e. The number of nitrogens with zero attached hydrogens (tertiary/aromatic N) is 2. The lowest BCUT2D eigenvalue weighted by Gasteiger charge is -2.31. The normalized spacial score (nSPS) is 22.0. The predicted molar refractivity (Wildman–Crippen MR) is 156 cm³/mol. The number of methoxy groups -OCH3 is 1. The summed E-state index contributed by atoms with van der Waals surface area (Å²) in [6.07, 6.45) is 7.34. The molecule has 2 aromatic carbocycles. The number of aromatic nitrogens is 1. The van der Waals surface area contributed by atoms with Crippen molar-refractivity contribution in [3.8, 4) is 22.8 Å². The second-order valence-electron chi connectivity index (χ2n) is 12.1. The molecule has 7 heteroatoms. The summed E-state index contributed by atoms with van der Waals surface area (Å²) in [5.41, 5.74) is 5.76. The highest BCUT2D eigenvalue weighted by atomic mass is 19.1. The van der Waals surface area contributed by atoms with Crippen molar-refractivity contribution in [1.29, 1.82) is 0 Å². The van der Waals surface area contributed by atoms with Crippen LogP contribution in [0.5, 0.6) is 11.6 Å². The maximum absolute atomic E-state index is 14.9. The molecule has 6 nitrogen and oxygen atoms in total. The van der Waals surface area contributed by atoms with Gasteiger partial charge in [-0.1, -0.05) is 31.2 Å². The number of aryl methyl sites for hydroxylation is 1. The van der Waals surface area contributed by atoms with Crippen LogP contribution in [0.4, 0.5) is 4.39 Å². The van der Waals surface area contributed by atoms with Crippen LogP contribution >= 0.6 is 0 Å². The van der Waals surface area contributed by atoms with Gasteiger partial charge in [-0.15, -0.1) is 0 Å². The Kier molecular flexibility index (Phi) is 7.73. The van der Waals surface area contributed by atoms with Crippen molar-refractivity contribution in [2.45, 2.75) is 77.0 Å². The highest BCUT2D eigenvalue weighted by molar-refractivity contribution is 5.71. The van der Waals surface area contributed by atoms with Gasteiger partial charge in [0.15, 0.2) is 0 Å². The van der Waals surface area contributed by atoms with Gasteiger partial charge in [0, 0.05) is 24.2 Å². The summed E-state index contributed by atoms with van der Waals surface area (Å²) in [7, 11) is 1.53. The molecule has 1 saturated heterocycles. The van der Waals surface area contributed by atoms with Crippen molar-refractivity contribution >= 4 is 5.97 Å². The molecule has 216 valence electrons. The second kappa shape index (κ2) is 11.4. The summed E-state index contributed by atoms with van der Waals surface area (Å²) < 4.78 is 26.9. The number of likely N-dealkylation sites (tertiary alicyclic amines) is 1. The summed E-state index contributed by atoms with van der Waals surface area (Å²) in [6, 6.07) is 14.6. The van der Waals surface area contributed by atoms with Crippen LogP contribution in [0.25, 0.3) is 11.1 Å². The molecule has 3 aliphatic rings. The number of halogens is 1. The molecule has 2 unspecified atom stereocenters. The Balaban J connectivity index is 1.34. The number of rotatable bonds is 9. The molecular formula is C34H39FN2O4. The third-order valence-electron chi connectivity index (χ3n) is 9.38. The Labute approximate surface area is 241 Å². The molecule has 1 aromatic heterocycles. The van der Waals surface area contributed by atoms with E-state index in [1.807, 2.05) is 13.0 Å². The minimum atomic E-state index is -0.748. The third kappa shape index (κ3) is 5.69. The number of carboxylic acids is 1. The zero-order valence-corrected chi connectivity index (χ0v) is 24.1. The molecule has 4 atom stereocenters. The fourth-order valence-electron chi connectivity index (χ4n) is 6.81. The topological polar surface area (TPSA) is 71.9 Å². The van der Waals surface area contributed by atoms with Gasteiger partial charge < -0.3 is 14.6 Å². The Bertz CT molecular complexity index is 1440. The first-order valence-corrected chi connectivity index (χ1v) is 14.9. The van der Waals surface area contributed by atoms with Crippen LogP contribution in [0.1, 0.15) is 80.2 Å². The molecule has 0 spiro atoms. The number of carboxylic acid groups (broad SMARTS) is 1. The maximum Gasteiger partial charge on any atom is 0.306 e. The summed E-state index contributed by atoms with van der Waals surface area (Å²) in [5, 5.41) is 9.77. The molecule has 1 aliphatic carbocycles. The zero-order chi connectivity index (χ0) is 28.7. The summed E-state index contributed by atoms with van der Waals surface area (Å²) in [5.74, 6) is 0.0979. The van der Waals surface area contributed by atoms with Crippen molar-refractivity contribution in [2.24, 2.45) is 11.8 Å². The van der Waals surface area contributed by atoms with Gasteiger partial charge in [0.05, 0.1) is 19.2 Å². The summed E-state index contributed by atoms with van der Waals surface area (Å²) in [6.45, 7) is 5.92. The molecular weight excluding hydrogens is 519 g/mol. The first kappa shape index (κ1) is 27.7. The molecule has 1 N–H and O–H groups in total. The van der Waals surface area contributed by atoms with Crippen LogP contribution in [0.2, 0.25) is 0 Å². The van der Waals surface area contributed by atoms with Gasteiger partial charge in [-0.2, -0.15) is 0 Å². The molecule has 3 aromatic rings.